The summed E-state index contributed by atoms with van der Waals surface area (Å²) >= 11 is 0. The highest BCUT2D eigenvalue weighted by atomic mass is 32.2. The van der Waals surface area contributed by atoms with Crippen molar-refractivity contribution < 1.29 is 22.3 Å². The van der Waals surface area contributed by atoms with Crippen molar-refractivity contribution >= 4 is 44.3 Å². The first-order valence-electron chi connectivity index (χ1n) is 12.3. The lowest BCUT2D eigenvalue weighted by molar-refractivity contribution is -0.140. The summed E-state index contributed by atoms with van der Waals surface area (Å²) in [5.74, 6) is -1.05. The molecule has 0 atom stereocenters. The third-order valence-corrected chi connectivity index (χ3v) is 7.91. The van der Waals surface area contributed by atoms with Gasteiger partial charge in [0.1, 0.15) is 10.7 Å². The first-order valence-corrected chi connectivity index (χ1v) is 13.8. The van der Waals surface area contributed by atoms with E-state index in [4.69, 9.17) is 4.74 Å². The van der Waals surface area contributed by atoms with E-state index in [9.17, 15) is 22.4 Å². The molecule has 11 heteroatoms. The van der Waals surface area contributed by atoms with Crippen LogP contribution < -0.4 is 16.1 Å². The highest BCUT2D eigenvalue weighted by molar-refractivity contribution is 7.90. The number of sulfonamides is 1. The van der Waals surface area contributed by atoms with Gasteiger partial charge in [0.15, 0.2) is 18.0 Å². The zero-order valence-corrected chi connectivity index (χ0v) is 22.0. The number of amidine groups is 1. The van der Waals surface area contributed by atoms with Gasteiger partial charge in [-0.25, -0.2) is 4.39 Å². The molecule has 1 aliphatic heterocycles. The largest absolute Gasteiger partial charge is 0.445 e. The van der Waals surface area contributed by atoms with Crippen LogP contribution in [0.4, 0.5) is 15.8 Å². The average Bonchev–Trinajstić information content (AvgIpc) is 3.76. The smallest absolute Gasteiger partial charge is 0.304 e. The first-order chi connectivity index (χ1) is 19.2. The fraction of sp³-hybridized carbons (Fsp3) is 0.103. The number of nitrogens with one attached hydrogen (secondary N) is 2. The van der Waals surface area contributed by atoms with Crippen molar-refractivity contribution in [1.29, 1.82) is 0 Å². The fourth-order valence-corrected chi connectivity index (χ4v) is 5.83. The zero-order chi connectivity index (χ0) is 28.0. The lowest BCUT2D eigenvalue weighted by Gasteiger charge is -2.22. The Morgan fingerprint density at radius 3 is 2.65 bits per heavy atom. The molecule has 2 aliphatic rings. The Morgan fingerprint density at radius 1 is 1.12 bits per heavy atom. The van der Waals surface area contributed by atoms with Crippen LogP contribution >= 0.6 is 0 Å². The SMILES string of the molecule is CC(=O)OCNc1ccc2c(c1)S(=O)(=O)N=C(c1c(C3=C[CH]3)n3ccccc3c(Cc3ccccc3F)c1=O)N2. The van der Waals surface area contributed by atoms with E-state index in [1.807, 2.05) is 12.5 Å². The number of hydrogen-bond donors (Lipinski definition) is 2. The van der Waals surface area contributed by atoms with E-state index in [0.29, 0.717) is 28.0 Å². The predicted octanol–water partition coefficient (Wildman–Crippen LogP) is 4.12. The maximum absolute atomic E-state index is 14.6. The Bertz CT molecular complexity index is 1950. The molecule has 0 saturated carbocycles. The summed E-state index contributed by atoms with van der Waals surface area (Å²) < 4.78 is 52.0. The Kier molecular flexibility index (Phi) is 6.22. The number of rotatable bonds is 7. The van der Waals surface area contributed by atoms with E-state index < -0.39 is 27.2 Å². The standard InChI is InChI=1S/C29H22FN4O5S/c1-17(35)39-16-31-20-11-12-23-25(15-20)40(37,38)33-29(32-23)26-27(18-9-10-18)34-13-5-4-8-24(34)21(28(26)36)14-19-6-2-3-7-22(19)30/h2-13,15,31H,14,16H2,1H3,(H,32,33). The molecule has 1 aliphatic carbocycles. The molecule has 0 spiro atoms. The summed E-state index contributed by atoms with van der Waals surface area (Å²) in [6, 6.07) is 16.1. The van der Waals surface area contributed by atoms with Crippen LogP contribution in [0.1, 0.15) is 29.3 Å². The topological polar surface area (TPSA) is 118 Å². The second-order valence-electron chi connectivity index (χ2n) is 9.25. The predicted molar refractivity (Wildman–Crippen MR) is 149 cm³/mol. The second-order valence-corrected chi connectivity index (χ2v) is 10.8. The molecule has 201 valence electrons. The first kappa shape index (κ1) is 25.5. The highest BCUT2D eigenvalue weighted by Crippen LogP contribution is 2.36. The van der Waals surface area contributed by atoms with E-state index in [2.05, 4.69) is 15.0 Å². The Labute approximate surface area is 228 Å². The molecule has 2 N–H and O–H groups in total. The number of aromatic nitrogens is 1. The number of nitrogens with zero attached hydrogens (tertiary/aromatic N) is 2. The molecule has 0 bridgehead atoms. The van der Waals surface area contributed by atoms with Gasteiger partial charge in [-0.3, -0.25) is 9.59 Å². The van der Waals surface area contributed by atoms with Gasteiger partial charge in [0.25, 0.3) is 10.0 Å². The Morgan fingerprint density at radius 2 is 1.90 bits per heavy atom. The molecular weight excluding hydrogens is 535 g/mol. The van der Waals surface area contributed by atoms with Crippen molar-refractivity contribution in [3.05, 3.63) is 118 Å². The molecule has 3 heterocycles. The van der Waals surface area contributed by atoms with Crippen molar-refractivity contribution in [3.8, 4) is 0 Å². The number of allylic oxidation sites excluding steroid dienone is 2. The molecule has 0 amide bonds. The normalized spacial score (nSPS) is 14.9. The minimum atomic E-state index is -4.23. The third-order valence-electron chi connectivity index (χ3n) is 6.59. The van der Waals surface area contributed by atoms with Crippen molar-refractivity contribution in [2.24, 2.45) is 4.40 Å². The number of halogens is 1. The third kappa shape index (κ3) is 4.64. The van der Waals surface area contributed by atoms with Crippen molar-refractivity contribution in [2.45, 2.75) is 18.2 Å². The van der Waals surface area contributed by atoms with Crippen molar-refractivity contribution in [1.82, 2.24) is 4.40 Å². The highest BCUT2D eigenvalue weighted by Gasteiger charge is 2.32. The number of carbonyl (C=O) groups excluding carboxylic acids is 1. The van der Waals surface area contributed by atoms with Crippen LogP contribution in [0.2, 0.25) is 0 Å². The van der Waals surface area contributed by atoms with Gasteiger partial charge < -0.3 is 19.8 Å². The van der Waals surface area contributed by atoms with Crippen LogP contribution in [0.25, 0.3) is 11.1 Å². The monoisotopic (exact) mass is 557 g/mol. The van der Waals surface area contributed by atoms with Crippen LogP contribution in [-0.4, -0.2) is 31.4 Å². The number of fused-ring (bicyclic) bond motifs is 2. The minimum absolute atomic E-state index is 0.00302. The second kappa shape index (κ2) is 9.76. The number of ether oxygens (including phenoxy) is 1. The number of carbonyl (C=O) groups is 1. The molecule has 40 heavy (non-hydrogen) atoms. The molecule has 0 fully saturated rings. The fourth-order valence-electron chi connectivity index (χ4n) is 4.68. The number of hydrogen-bond acceptors (Lipinski definition) is 7. The quantitative estimate of drug-likeness (QED) is 0.259. The van der Waals surface area contributed by atoms with Crippen molar-refractivity contribution in [2.75, 3.05) is 17.4 Å². The molecule has 1 radical (unpaired) electrons. The summed E-state index contributed by atoms with van der Waals surface area (Å²) in [5.41, 5.74) is 2.73. The lowest BCUT2D eigenvalue weighted by Crippen LogP contribution is -2.32. The van der Waals surface area contributed by atoms with E-state index in [0.717, 1.165) is 5.57 Å². The number of pyridine rings is 2. The molecule has 0 saturated heterocycles. The summed E-state index contributed by atoms with van der Waals surface area (Å²) in [6.45, 7) is 1.13. The number of anilines is 2. The van der Waals surface area contributed by atoms with Crippen LogP contribution in [0.15, 0.2) is 87.0 Å². The Balaban J connectivity index is 1.50. The molecular formula is C29H22FN4O5S. The van der Waals surface area contributed by atoms with Gasteiger partial charge in [-0.05, 0) is 47.5 Å². The van der Waals surface area contributed by atoms with Gasteiger partial charge >= 0.3 is 5.97 Å². The zero-order valence-electron chi connectivity index (χ0n) is 21.1. The Hall–Kier alpha value is -4.77. The van der Waals surface area contributed by atoms with Crippen LogP contribution in [0.3, 0.4) is 0 Å². The van der Waals surface area contributed by atoms with E-state index in [1.165, 1.54) is 19.1 Å². The van der Waals surface area contributed by atoms with Crippen LogP contribution in [0, 0.1) is 12.2 Å². The van der Waals surface area contributed by atoms with Gasteiger partial charge in [0.2, 0.25) is 0 Å². The summed E-state index contributed by atoms with van der Waals surface area (Å²) in [7, 11) is -4.23. The molecule has 6 rings (SSSR count). The summed E-state index contributed by atoms with van der Waals surface area (Å²) in [4.78, 5) is 25.1. The van der Waals surface area contributed by atoms with Crippen molar-refractivity contribution in [3.63, 3.8) is 0 Å². The molecule has 9 nitrogen and oxygen atoms in total. The number of benzene rings is 2. The van der Waals surface area contributed by atoms with Crippen LogP contribution in [0.5, 0.6) is 0 Å². The minimum Gasteiger partial charge on any atom is -0.445 e. The number of esters is 1. The maximum Gasteiger partial charge on any atom is 0.304 e. The van der Waals surface area contributed by atoms with E-state index in [-0.39, 0.29) is 35.1 Å². The van der Waals surface area contributed by atoms with Gasteiger partial charge in [-0.1, -0.05) is 30.3 Å². The van der Waals surface area contributed by atoms with E-state index in [1.54, 1.807) is 59.1 Å². The maximum atomic E-state index is 14.6. The van der Waals surface area contributed by atoms with Gasteiger partial charge in [0.05, 0.1) is 22.5 Å². The van der Waals surface area contributed by atoms with Crippen LogP contribution in [-0.2, 0) is 26.0 Å². The van der Waals surface area contributed by atoms with Gasteiger partial charge in [0, 0.05) is 37.2 Å². The molecule has 4 aromatic rings. The lowest BCUT2D eigenvalue weighted by atomic mass is 9.98. The summed E-state index contributed by atoms with van der Waals surface area (Å²) in [6.07, 6.45) is 5.42. The molecule has 2 aromatic heterocycles. The van der Waals surface area contributed by atoms with Gasteiger partial charge in [-0.2, -0.15) is 8.42 Å². The average molecular weight is 558 g/mol. The van der Waals surface area contributed by atoms with Gasteiger partial charge in [-0.15, -0.1) is 4.40 Å². The molecule has 2 aromatic carbocycles. The molecule has 0 unspecified atom stereocenters. The van der Waals surface area contributed by atoms with E-state index >= 15 is 0 Å². The summed E-state index contributed by atoms with van der Waals surface area (Å²) in [5, 5.41) is 5.85.